The lowest BCUT2D eigenvalue weighted by Gasteiger charge is -2.26. The van der Waals surface area contributed by atoms with E-state index in [0.717, 1.165) is 62.8 Å². The highest BCUT2D eigenvalue weighted by Gasteiger charge is 2.25. The van der Waals surface area contributed by atoms with Gasteiger partial charge in [-0.05, 0) is 12.1 Å². The van der Waals surface area contributed by atoms with E-state index in [9.17, 15) is 9.18 Å². The van der Waals surface area contributed by atoms with Crippen LogP contribution in [0, 0.1) is 5.82 Å². The van der Waals surface area contributed by atoms with Gasteiger partial charge in [0.05, 0.1) is 13.2 Å². The molecule has 28 heavy (non-hydrogen) atoms. The summed E-state index contributed by atoms with van der Waals surface area (Å²) < 4.78 is 23.2. The predicted molar refractivity (Wildman–Crippen MR) is 102 cm³/mol. The average Bonchev–Trinajstić information content (AvgIpc) is 3.46. The van der Waals surface area contributed by atoms with Crippen molar-refractivity contribution in [3.05, 3.63) is 36.3 Å². The zero-order chi connectivity index (χ0) is 19.9. The number of carbonyl (C=O) groups is 1. The van der Waals surface area contributed by atoms with Crippen molar-refractivity contribution in [1.29, 1.82) is 0 Å². The van der Waals surface area contributed by atoms with Crippen LogP contribution in [0.25, 0.3) is 0 Å². The first-order chi connectivity index (χ1) is 13.5. The molecule has 3 heterocycles. The first-order valence-corrected chi connectivity index (χ1v) is 9.00. The predicted octanol–water partition coefficient (Wildman–Crippen LogP) is 2.42. The number of phenols is 1. The van der Waals surface area contributed by atoms with Crippen molar-refractivity contribution in [2.45, 2.75) is 6.92 Å². The molecule has 9 heteroatoms. The van der Waals surface area contributed by atoms with Crippen LogP contribution in [0.3, 0.4) is 0 Å². The van der Waals surface area contributed by atoms with Gasteiger partial charge in [0, 0.05) is 57.1 Å². The third-order valence-corrected chi connectivity index (χ3v) is 4.13. The summed E-state index contributed by atoms with van der Waals surface area (Å²) in [4.78, 5) is 17.1. The molecule has 4 rings (SSSR count). The van der Waals surface area contributed by atoms with Gasteiger partial charge in [0.25, 0.3) is 0 Å². The molecule has 0 radical (unpaired) electrons. The van der Waals surface area contributed by atoms with E-state index < -0.39 is 11.6 Å². The summed E-state index contributed by atoms with van der Waals surface area (Å²) in [5.74, 6) is 1.27. The topological polar surface area (TPSA) is 99.2 Å². The lowest BCUT2D eigenvalue weighted by molar-refractivity contribution is -0.114. The third-order valence-electron chi connectivity index (χ3n) is 4.13. The highest BCUT2D eigenvalue weighted by atomic mass is 19.1. The highest BCUT2D eigenvalue weighted by molar-refractivity contribution is 5.88. The molecule has 0 spiro atoms. The number of anilines is 2. The van der Waals surface area contributed by atoms with Crippen LogP contribution >= 0.6 is 0 Å². The van der Waals surface area contributed by atoms with Crippen LogP contribution in [-0.4, -0.2) is 60.3 Å². The number of ether oxygens (including phenoxy) is 2. The SMILES string of the molecule is CC(=O)Nc1ccc(O)c(F)c1.c1cc2c(c(NCCN3CCOCC3)n1)O2. The van der Waals surface area contributed by atoms with E-state index in [1.54, 1.807) is 6.20 Å². The molecule has 8 nitrogen and oxygen atoms in total. The third kappa shape index (κ3) is 5.80. The Hall–Kier alpha value is -2.91. The minimum absolute atomic E-state index is 0.278. The second-order valence-corrected chi connectivity index (χ2v) is 6.32. The van der Waals surface area contributed by atoms with Gasteiger partial charge in [-0.15, -0.1) is 0 Å². The standard InChI is InChI=1S/C11H15N3O2.C8H8FNO2/c1-2-12-11(10-9(1)16-10)13-3-4-14-5-7-15-8-6-14;1-5(11)10-6-2-3-8(12)7(9)4-6/h1-2H,3-8H2,(H,12,13);2-4,12H,1H3,(H,10,11). The molecule has 0 bridgehead atoms. The van der Waals surface area contributed by atoms with Crippen molar-refractivity contribution < 1.29 is 23.8 Å². The Balaban J connectivity index is 0.000000169. The Morgan fingerprint density at radius 1 is 1.32 bits per heavy atom. The minimum Gasteiger partial charge on any atom is -0.505 e. The van der Waals surface area contributed by atoms with Gasteiger partial charge in [-0.25, -0.2) is 9.37 Å². The molecular weight excluding hydrogens is 367 g/mol. The second-order valence-electron chi connectivity index (χ2n) is 6.32. The molecule has 150 valence electrons. The molecule has 2 aliphatic rings. The van der Waals surface area contributed by atoms with Crippen molar-refractivity contribution in [3.8, 4) is 17.2 Å². The van der Waals surface area contributed by atoms with Gasteiger partial charge in [0.15, 0.2) is 23.1 Å². The zero-order valence-corrected chi connectivity index (χ0v) is 15.6. The minimum atomic E-state index is -0.749. The molecule has 0 saturated carbocycles. The number of carbonyl (C=O) groups excluding carboxylic acids is 1. The van der Waals surface area contributed by atoms with Crippen molar-refractivity contribution in [3.63, 3.8) is 0 Å². The Kier molecular flexibility index (Phi) is 6.62. The molecular formula is C19H23FN4O4. The number of nitrogens with one attached hydrogen (secondary N) is 2. The molecule has 1 amide bonds. The first-order valence-electron chi connectivity index (χ1n) is 9.00. The van der Waals surface area contributed by atoms with Crippen molar-refractivity contribution in [1.82, 2.24) is 9.88 Å². The van der Waals surface area contributed by atoms with Crippen molar-refractivity contribution in [2.75, 3.05) is 50.0 Å². The number of nitrogens with zero attached hydrogens (tertiary/aromatic N) is 2. The summed E-state index contributed by atoms with van der Waals surface area (Å²) in [5, 5.41) is 14.5. The highest BCUT2D eigenvalue weighted by Crippen LogP contribution is 2.49. The molecule has 1 fully saturated rings. The quantitative estimate of drug-likeness (QED) is 0.454. The number of aromatic hydroxyl groups is 1. The van der Waals surface area contributed by atoms with Gasteiger partial charge in [-0.2, -0.15) is 0 Å². The number of hydrogen-bond acceptors (Lipinski definition) is 7. The Morgan fingerprint density at radius 2 is 2.11 bits per heavy atom. The number of phenolic OH excluding ortho intramolecular Hbond substituents is 1. The number of benzene rings is 1. The second kappa shape index (κ2) is 9.34. The van der Waals surface area contributed by atoms with Gasteiger partial charge in [0.1, 0.15) is 0 Å². The van der Waals surface area contributed by atoms with Gasteiger partial charge < -0.3 is 25.2 Å². The number of halogens is 1. The smallest absolute Gasteiger partial charge is 0.221 e. The molecule has 1 aromatic heterocycles. The van der Waals surface area contributed by atoms with E-state index in [-0.39, 0.29) is 5.91 Å². The van der Waals surface area contributed by atoms with Crippen molar-refractivity contribution >= 4 is 17.4 Å². The number of pyridine rings is 1. The molecule has 2 aromatic rings. The number of morpholine rings is 1. The average molecular weight is 390 g/mol. The Labute approximate surface area is 162 Å². The van der Waals surface area contributed by atoms with E-state index in [0.29, 0.717) is 5.69 Å². The summed E-state index contributed by atoms with van der Waals surface area (Å²) >= 11 is 0. The molecule has 3 N–H and O–H groups in total. The van der Waals surface area contributed by atoms with Crippen LogP contribution in [0.5, 0.6) is 17.2 Å². The van der Waals surface area contributed by atoms with E-state index in [4.69, 9.17) is 14.6 Å². The maximum Gasteiger partial charge on any atom is 0.221 e. The number of rotatable bonds is 5. The van der Waals surface area contributed by atoms with Crippen LogP contribution in [0.2, 0.25) is 0 Å². The largest absolute Gasteiger partial charge is 0.505 e. The Morgan fingerprint density at radius 3 is 2.82 bits per heavy atom. The lowest BCUT2D eigenvalue weighted by atomic mass is 10.3. The summed E-state index contributed by atoms with van der Waals surface area (Å²) in [6, 6.07) is 5.53. The summed E-state index contributed by atoms with van der Waals surface area (Å²) in [6.07, 6.45) is 1.77. The molecule has 0 unspecified atom stereocenters. The molecule has 1 saturated heterocycles. The first kappa shape index (κ1) is 19.8. The fourth-order valence-corrected chi connectivity index (χ4v) is 2.67. The number of hydrogen-bond donors (Lipinski definition) is 3. The van der Waals surface area contributed by atoms with E-state index in [2.05, 4.69) is 20.5 Å². The fourth-order valence-electron chi connectivity index (χ4n) is 2.67. The lowest BCUT2D eigenvalue weighted by Crippen LogP contribution is -2.39. The maximum absolute atomic E-state index is 12.6. The van der Waals surface area contributed by atoms with Crippen LogP contribution in [0.1, 0.15) is 6.92 Å². The van der Waals surface area contributed by atoms with E-state index in [1.807, 2.05) is 6.07 Å². The summed E-state index contributed by atoms with van der Waals surface area (Å²) in [6.45, 7) is 6.99. The van der Waals surface area contributed by atoms with Crippen LogP contribution in [0.15, 0.2) is 30.5 Å². The van der Waals surface area contributed by atoms with Crippen LogP contribution in [-0.2, 0) is 9.53 Å². The maximum atomic E-state index is 12.6. The molecule has 0 aliphatic carbocycles. The van der Waals surface area contributed by atoms with Gasteiger partial charge >= 0.3 is 0 Å². The molecule has 1 aromatic carbocycles. The van der Waals surface area contributed by atoms with Gasteiger partial charge in [-0.1, -0.05) is 0 Å². The molecule has 0 atom stereocenters. The van der Waals surface area contributed by atoms with Gasteiger partial charge in [-0.3, -0.25) is 9.69 Å². The van der Waals surface area contributed by atoms with E-state index >= 15 is 0 Å². The number of fused-ring (bicyclic) bond motifs is 1. The van der Waals surface area contributed by atoms with E-state index in [1.165, 1.54) is 19.1 Å². The zero-order valence-electron chi connectivity index (χ0n) is 15.6. The van der Waals surface area contributed by atoms with Gasteiger partial charge in [0.2, 0.25) is 11.7 Å². The summed E-state index contributed by atoms with van der Waals surface area (Å²) in [5.41, 5.74) is 0.331. The fraction of sp³-hybridized carbons (Fsp3) is 0.368. The number of aromatic nitrogens is 1. The normalized spacial score (nSPS) is 14.8. The van der Waals surface area contributed by atoms with Crippen molar-refractivity contribution in [2.24, 2.45) is 0 Å². The monoisotopic (exact) mass is 390 g/mol. The molecule has 2 aliphatic heterocycles. The summed E-state index contributed by atoms with van der Waals surface area (Å²) in [7, 11) is 0. The Bertz CT molecular complexity index is 828. The van der Waals surface area contributed by atoms with Crippen LogP contribution < -0.4 is 15.4 Å². The van der Waals surface area contributed by atoms with Crippen LogP contribution in [0.4, 0.5) is 15.9 Å². The number of amides is 1.